The van der Waals surface area contributed by atoms with Crippen molar-refractivity contribution in [1.82, 2.24) is 13.7 Å². The van der Waals surface area contributed by atoms with Gasteiger partial charge in [-0.25, -0.2) is 4.79 Å². The van der Waals surface area contributed by atoms with Gasteiger partial charge in [0.2, 0.25) is 0 Å². The van der Waals surface area contributed by atoms with E-state index in [9.17, 15) is 9.59 Å². The van der Waals surface area contributed by atoms with Crippen LogP contribution in [0.4, 0.5) is 0 Å². The van der Waals surface area contributed by atoms with Gasteiger partial charge in [-0.3, -0.25) is 13.9 Å². The van der Waals surface area contributed by atoms with Crippen molar-refractivity contribution in [3.05, 3.63) is 73.9 Å². The van der Waals surface area contributed by atoms with Crippen LogP contribution in [0, 0.1) is 0 Å². The fraction of sp³-hybridized carbons (Fsp3) is 0.273. The summed E-state index contributed by atoms with van der Waals surface area (Å²) in [4.78, 5) is 26.2. The molecule has 9 heteroatoms. The third-order valence-corrected chi connectivity index (χ3v) is 7.16. The summed E-state index contributed by atoms with van der Waals surface area (Å²) >= 11 is 7.76. The predicted octanol–water partition coefficient (Wildman–Crippen LogP) is 3.80. The minimum Gasteiger partial charge on any atom is -0.497 e. The van der Waals surface area contributed by atoms with Crippen molar-refractivity contribution < 1.29 is 9.15 Å². The molecule has 7 nitrogen and oxygen atoms in total. The van der Waals surface area contributed by atoms with Crippen LogP contribution in [0.1, 0.15) is 16.7 Å². The molecule has 4 aromatic rings. The monoisotopic (exact) mass is 457 g/mol. The molecule has 4 heterocycles. The van der Waals surface area contributed by atoms with E-state index in [1.807, 2.05) is 30.3 Å². The van der Waals surface area contributed by atoms with Gasteiger partial charge in [-0.2, -0.15) is 0 Å². The summed E-state index contributed by atoms with van der Waals surface area (Å²) in [6, 6.07) is 11.2. The van der Waals surface area contributed by atoms with E-state index in [-0.39, 0.29) is 16.5 Å². The molecule has 0 aliphatic carbocycles. The van der Waals surface area contributed by atoms with Gasteiger partial charge < -0.3 is 13.7 Å². The molecule has 1 unspecified atom stereocenters. The molecule has 1 atom stereocenters. The highest BCUT2D eigenvalue weighted by atomic mass is 35.5. The lowest BCUT2D eigenvalue weighted by Crippen LogP contribution is -2.37. The number of hydrogen-bond acceptors (Lipinski definition) is 5. The molecule has 160 valence electrons. The Kier molecular flexibility index (Phi) is 4.79. The van der Waals surface area contributed by atoms with Crippen molar-refractivity contribution in [2.75, 3.05) is 12.9 Å². The molecule has 1 aromatic carbocycles. The number of furan rings is 1. The summed E-state index contributed by atoms with van der Waals surface area (Å²) in [6.45, 7) is 0.698. The van der Waals surface area contributed by atoms with Crippen LogP contribution in [-0.2, 0) is 20.6 Å². The molecule has 0 saturated carbocycles. The summed E-state index contributed by atoms with van der Waals surface area (Å²) < 4.78 is 16.0. The molecule has 5 rings (SSSR count). The first-order valence-electron chi connectivity index (χ1n) is 9.75. The van der Waals surface area contributed by atoms with Crippen molar-refractivity contribution in [1.29, 1.82) is 0 Å². The quantitative estimate of drug-likeness (QED) is 0.468. The first kappa shape index (κ1) is 20.1. The van der Waals surface area contributed by atoms with Crippen LogP contribution in [0.25, 0.3) is 22.2 Å². The number of aromatic nitrogens is 3. The molecule has 0 amide bonds. The van der Waals surface area contributed by atoms with Crippen LogP contribution in [0.5, 0.6) is 5.75 Å². The van der Waals surface area contributed by atoms with Gasteiger partial charge in [0.05, 0.1) is 29.4 Å². The van der Waals surface area contributed by atoms with Crippen molar-refractivity contribution >= 4 is 34.3 Å². The molecule has 0 saturated heterocycles. The number of fused-ring (bicyclic) bond motifs is 3. The lowest BCUT2D eigenvalue weighted by atomic mass is 10.1. The summed E-state index contributed by atoms with van der Waals surface area (Å²) in [5.74, 6) is 2.21. The third kappa shape index (κ3) is 2.96. The Morgan fingerprint density at radius 2 is 1.97 bits per heavy atom. The highest BCUT2D eigenvalue weighted by Gasteiger charge is 2.34. The SMILES string of the molecule is COc1cccc(-c2c3c(=O)n(C)c(=O)n(C)c3c3n2CCSC3c2ccc(Cl)o2)c1. The summed E-state index contributed by atoms with van der Waals surface area (Å²) in [5, 5.41) is 0.625. The van der Waals surface area contributed by atoms with Gasteiger partial charge in [0.1, 0.15) is 16.8 Å². The fourth-order valence-corrected chi connectivity index (χ4v) is 5.70. The normalized spacial score (nSPS) is 15.9. The van der Waals surface area contributed by atoms with Crippen LogP contribution in [0.15, 0.2) is 50.4 Å². The maximum absolute atomic E-state index is 13.4. The van der Waals surface area contributed by atoms with E-state index in [4.69, 9.17) is 20.8 Å². The smallest absolute Gasteiger partial charge is 0.331 e. The minimum absolute atomic E-state index is 0.194. The molecule has 0 radical (unpaired) electrons. The largest absolute Gasteiger partial charge is 0.497 e. The maximum atomic E-state index is 13.4. The van der Waals surface area contributed by atoms with Gasteiger partial charge in [-0.1, -0.05) is 12.1 Å². The van der Waals surface area contributed by atoms with Crippen molar-refractivity contribution in [3.63, 3.8) is 0 Å². The van der Waals surface area contributed by atoms with Gasteiger partial charge in [0, 0.05) is 32.0 Å². The number of halogens is 1. The number of aryl methyl sites for hydroxylation is 1. The Bertz CT molecular complexity index is 1450. The molecule has 0 bridgehead atoms. The van der Waals surface area contributed by atoms with Crippen LogP contribution >= 0.6 is 23.4 Å². The van der Waals surface area contributed by atoms with E-state index in [1.54, 1.807) is 36.6 Å². The van der Waals surface area contributed by atoms with Crippen molar-refractivity contribution in [3.8, 4) is 17.0 Å². The van der Waals surface area contributed by atoms with Gasteiger partial charge in [-0.15, -0.1) is 11.8 Å². The fourth-order valence-electron chi connectivity index (χ4n) is 4.34. The molecule has 3 aromatic heterocycles. The zero-order valence-corrected chi connectivity index (χ0v) is 18.8. The zero-order chi connectivity index (χ0) is 21.9. The molecule has 1 aliphatic heterocycles. The highest BCUT2D eigenvalue weighted by Crippen LogP contribution is 2.46. The average molecular weight is 458 g/mol. The van der Waals surface area contributed by atoms with Crippen molar-refractivity contribution in [2.24, 2.45) is 14.1 Å². The molecule has 0 fully saturated rings. The van der Waals surface area contributed by atoms with E-state index in [2.05, 4.69) is 4.57 Å². The van der Waals surface area contributed by atoms with Crippen molar-refractivity contribution in [2.45, 2.75) is 11.8 Å². The topological polar surface area (TPSA) is 71.3 Å². The summed E-state index contributed by atoms with van der Waals surface area (Å²) in [6.07, 6.45) is 0. The lowest BCUT2D eigenvalue weighted by molar-refractivity contribution is 0.415. The number of methoxy groups -OCH3 is 1. The number of hydrogen-bond donors (Lipinski definition) is 0. The maximum Gasteiger partial charge on any atom is 0.331 e. The van der Waals surface area contributed by atoms with Crippen LogP contribution in [-0.4, -0.2) is 26.6 Å². The second kappa shape index (κ2) is 7.39. The van der Waals surface area contributed by atoms with E-state index in [0.29, 0.717) is 34.2 Å². The number of ether oxygens (including phenoxy) is 1. The predicted molar refractivity (Wildman–Crippen MR) is 122 cm³/mol. The second-order valence-corrected chi connectivity index (χ2v) is 9.03. The lowest BCUT2D eigenvalue weighted by Gasteiger charge is -2.25. The summed E-state index contributed by atoms with van der Waals surface area (Å²) in [5.41, 5.74) is 2.44. The number of rotatable bonds is 3. The Morgan fingerprint density at radius 1 is 1.16 bits per heavy atom. The Hall–Kier alpha value is -2.84. The standard InChI is InChI=1S/C22H20ClN3O4S/c1-24-18-16(21(27)25(2)22(24)28)17(12-5-4-6-13(11-12)29-3)26-9-10-31-20(19(18)26)14-7-8-15(23)30-14/h4-8,11,20H,9-10H2,1-3H3. The first-order chi connectivity index (χ1) is 14.9. The summed E-state index contributed by atoms with van der Waals surface area (Å²) in [7, 11) is 4.82. The van der Waals surface area contributed by atoms with E-state index >= 15 is 0 Å². The minimum atomic E-state index is -0.366. The van der Waals surface area contributed by atoms with E-state index in [0.717, 1.165) is 27.3 Å². The zero-order valence-electron chi connectivity index (χ0n) is 17.2. The molecular formula is C22H20ClN3O4S. The number of thioether (sulfide) groups is 1. The highest BCUT2D eigenvalue weighted by molar-refractivity contribution is 7.99. The van der Waals surface area contributed by atoms with Gasteiger partial charge in [0.15, 0.2) is 5.22 Å². The molecule has 0 N–H and O–H groups in total. The third-order valence-electron chi connectivity index (χ3n) is 5.75. The Balaban J connectivity index is 1.95. The Morgan fingerprint density at radius 3 is 2.68 bits per heavy atom. The van der Waals surface area contributed by atoms with Crippen LogP contribution in [0.3, 0.4) is 0 Å². The molecular weight excluding hydrogens is 438 g/mol. The van der Waals surface area contributed by atoms with Gasteiger partial charge in [0.25, 0.3) is 5.56 Å². The van der Waals surface area contributed by atoms with Crippen LogP contribution < -0.4 is 16.0 Å². The first-order valence-corrected chi connectivity index (χ1v) is 11.2. The second-order valence-electron chi connectivity index (χ2n) is 7.44. The number of nitrogens with zero attached hydrogens (tertiary/aromatic N) is 3. The Labute approximate surface area is 186 Å². The van der Waals surface area contributed by atoms with Gasteiger partial charge >= 0.3 is 5.69 Å². The average Bonchev–Trinajstić information content (AvgIpc) is 3.37. The van der Waals surface area contributed by atoms with Gasteiger partial charge in [-0.05, 0) is 35.9 Å². The molecule has 0 spiro atoms. The number of benzene rings is 1. The van der Waals surface area contributed by atoms with Crippen LogP contribution in [0.2, 0.25) is 5.22 Å². The molecule has 31 heavy (non-hydrogen) atoms. The molecule has 1 aliphatic rings. The van der Waals surface area contributed by atoms with E-state index < -0.39 is 0 Å². The van der Waals surface area contributed by atoms with E-state index in [1.165, 1.54) is 7.05 Å².